The number of carbonyl (C=O) groups excluding carboxylic acids is 1. The highest BCUT2D eigenvalue weighted by Gasteiger charge is 2.24. The average molecular weight is 391 g/mol. The van der Waals surface area contributed by atoms with Crippen molar-refractivity contribution in [1.82, 2.24) is 9.29 Å². The summed E-state index contributed by atoms with van der Waals surface area (Å²) in [6.07, 6.45) is 0. The van der Waals surface area contributed by atoms with Gasteiger partial charge in [0.25, 0.3) is 5.91 Å². The average Bonchev–Trinajstić information content (AvgIpc) is 2.64. The monoisotopic (exact) mass is 391 g/mol. The van der Waals surface area contributed by atoms with Crippen LogP contribution >= 0.6 is 0 Å². The Labute approximate surface area is 157 Å². The number of aromatic nitrogens is 1. The van der Waals surface area contributed by atoms with E-state index in [0.29, 0.717) is 18.7 Å². The molecule has 8 nitrogen and oxygen atoms in total. The number of carboxylic acid groups (broad SMARTS) is 1. The third kappa shape index (κ3) is 4.50. The van der Waals surface area contributed by atoms with E-state index in [1.807, 2.05) is 0 Å². The zero-order valence-electron chi connectivity index (χ0n) is 15.3. The minimum Gasteiger partial charge on any atom is -0.477 e. The molecule has 27 heavy (non-hydrogen) atoms. The summed E-state index contributed by atoms with van der Waals surface area (Å²) in [6, 6.07) is 8.64. The number of carbonyl (C=O) groups is 2. The van der Waals surface area contributed by atoms with Crippen LogP contribution in [0.4, 0.5) is 5.69 Å². The van der Waals surface area contributed by atoms with Gasteiger partial charge in [0.2, 0.25) is 10.0 Å². The highest BCUT2D eigenvalue weighted by atomic mass is 32.2. The molecular formula is C18H21N3O5S. The van der Waals surface area contributed by atoms with Crippen LogP contribution in [-0.4, -0.2) is 47.8 Å². The molecule has 1 amide bonds. The standard InChI is InChI=1S/C18H21N3O5S/c1-4-21(5-2)27(25,26)16-11-13(10-9-12(16)3)19-17(22)14-7-6-8-15(20-14)18(23)24/h6-11H,4-5H2,1-3H3,(H,19,22)(H,23,24). The van der Waals surface area contributed by atoms with Crippen LogP contribution in [0.15, 0.2) is 41.3 Å². The van der Waals surface area contributed by atoms with Crippen molar-refractivity contribution in [2.24, 2.45) is 0 Å². The van der Waals surface area contributed by atoms with Crippen molar-refractivity contribution >= 4 is 27.6 Å². The number of benzene rings is 1. The summed E-state index contributed by atoms with van der Waals surface area (Å²) in [7, 11) is -3.68. The number of hydrogen-bond acceptors (Lipinski definition) is 5. The van der Waals surface area contributed by atoms with Gasteiger partial charge < -0.3 is 10.4 Å². The van der Waals surface area contributed by atoms with Gasteiger partial charge >= 0.3 is 5.97 Å². The Bertz CT molecular complexity index is 969. The second kappa shape index (κ2) is 8.28. The SMILES string of the molecule is CCN(CC)S(=O)(=O)c1cc(NC(=O)c2cccc(C(=O)O)n2)ccc1C. The molecule has 0 aliphatic rings. The van der Waals surface area contributed by atoms with E-state index in [1.54, 1.807) is 32.9 Å². The number of pyridine rings is 1. The molecule has 0 saturated heterocycles. The quantitative estimate of drug-likeness (QED) is 0.748. The molecule has 0 atom stereocenters. The molecule has 0 bridgehead atoms. The number of hydrogen-bond donors (Lipinski definition) is 2. The van der Waals surface area contributed by atoms with Crippen LogP contribution in [-0.2, 0) is 10.0 Å². The van der Waals surface area contributed by atoms with Gasteiger partial charge in [-0.05, 0) is 36.8 Å². The molecule has 1 heterocycles. The number of anilines is 1. The van der Waals surface area contributed by atoms with Gasteiger partial charge in [0.1, 0.15) is 11.4 Å². The Morgan fingerprint density at radius 2 is 1.74 bits per heavy atom. The summed E-state index contributed by atoms with van der Waals surface area (Å²) in [5.74, 6) is -1.87. The third-order valence-electron chi connectivity index (χ3n) is 3.97. The number of aromatic carboxylic acids is 1. The predicted octanol–water partition coefficient (Wildman–Crippen LogP) is 2.37. The fourth-order valence-electron chi connectivity index (χ4n) is 2.53. The molecule has 2 rings (SSSR count). The van der Waals surface area contributed by atoms with Crippen molar-refractivity contribution in [3.05, 3.63) is 53.3 Å². The third-order valence-corrected chi connectivity index (χ3v) is 6.16. The first-order chi connectivity index (χ1) is 12.7. The van der Waals surface area contributed by atoms with E-state index < -0.39 is 21.9 Å². The van der Waals surface area contributed by atoms with E-state index in [1.165, 1.54) is 28.6 Å². The molecule has 0 unspecified atom stereocenters. The van der Waals surface area contributed by atoms with Crippen LogP contribution in [0.3, 0.4) is 0 Å². The number of sulfonamides is 1. The summed E-state index contributed by atoms with van der Waals surface area (Å²) < 4.78 is 26.9. The molecule has 2 aromatic rings. The predicted molar refractivity (Wildman–Crippen MR) is 100 cm³/mol. The lowest BCUT2D eigenvalue weighted by Gasteiger charge is -2.20. The van der Waals surface area contributed by atoms with E-state index in [4.69, 9.17) is 5.11 Å². The highest BCUT2D eigenvalue weighted by molar-refractivity contribution is 7.89. The summed E-state index contributed by atoms with van der Waals surface area (Å²) in [6.45, 7) is 5.85. The fraction of sp³-hybridized carbons (Fsp3) is 0.278. The summed E-state index contributed by atoms with van der Waals surface area (Å²) >= 11 is 0. The van der Waals surface area contributed by atoms with E-state index in [2.05, 4.69) is 10.3 Å². The number of nitrogens with zero attached hydrogens (tertiary/aromatic N) is 2. The minimum atomic E-state index is -3.68. The second-order valence-corrected chi connectivity index (χ2v) is 7.64. The smallest absolute Gasteiger partial charge is 0.354 e. The van der Waals surface area contributed by atoms with E-state index in [-0.39, 0.29) is 22.0 Å². The van der Waals surface area contributed by atoms with Gasteiger partial charge in [-0.1, -0.05) is 26.0 Å². The second-order valence-electron chi connectivity index (χ2n) is 5.74. The van der Waals surface area contributed by atoms with Gasteiger partial charge in [-0.2, -0.15) is 4.31 Å². The van der Waals surface area contributed by atoms with Crippen molar-refractivity contribution in [3.63, 3.8) is 0 Å². The number of carboxylic acids is 1. The number of nitrogens with one attached hydrogen (secondary N) is 1. The Balaban J connectivity index is 2.35. The van der Waals surface area contributed by atoms with Gasteiger partial charge in [-0.3, -0.25) is 4.79 Å². The van der Waals surface area contributed by atoms with E-state index in [9.17, 15) is 18.0 Å². The molecule has 0 radical (unpaired) electrons. The maximum absolute atomic E-state index is 12.8. The molecule has 144 valence electrons. The van der Waals surface area contributed by atoms with Crippen molar-refractivity contribution in [3.8, 4) is 0 Å². The molecule has 0 aliphatic carbocycles. The molecular weight excluding hydrogens is 370 g/mol. The molecule has 0 aliphatic heterocycles. The van der Waals surface area contributed by atoms with Crippen molar-refractivity contribution in [2.45, 2.75) is 25.7 Å². The zero-order valence-corrected chi connectivity index (χ0v) is 16.1. The number of rotatable bonds is 7. The van der Waals surface area contributed by atoms with E-state index >= 15 is 0 Å². The number of amides is 1. The number of aryl methyl sites for hydroxylation is 1. The Morgan fingerprint density at radius 1 is 1.11 bits per heavy atom. The Hall–Kier alpha value is -2.78. The van der Waals surface area contributed by atoms with Crippen molar-refractivity contribution in [1.29, 1.82) is 0 Å². The highest BCUT2D eigenvalue weighted by Crippen LogP contribution is 2.24. The van der Waals surface area contributed by atoms with E-state index in [0.717, 1.165) is 0 Å². The molecule has 1 aromatic carbocycles. The van der Waals surface area contributed by atoms with Gasteiger partial charge in [0.05, 0.1) is 4.90 Å². The van der Waals surface area contributed by atoms with Crippen molar-refractivity contribution < 1.29 is 23.1 Å². The largest absolute Gasteiger partial charge is 0.477 e. The van der Waals surface area contributed by atoms with Crippen LogP contribution < -0.4 is 5.32 Å². The maximum Gasteiger partial charge on any atom is 0.354 e. The molecule has 1 aromatic heterocycles. The topological polar surface area (TPSA) is 117 Å². The summed E-state index contributed by atoms with van der Waals surface area (Å²) in [5.41, 5.74) is 0.504. The van der Waals surface area contributed by atoms with Gasteiger partial charge in [-0.15, -0.1) is 0 Å². The van der Waals surface area contributed by atoms with Gasteiger partial charge in [0.15, 0.2) is 0 Å². The van der Waals surface area contributed by atoms with Crippen LogP contribution in [0, 0.1) is 6.92 Å². The molecule has 9 heteroatoms. The maximum atomic E-state index is 12.8. The summed E-state index contributed by atoms with van der Waals surface area (Å²) in [4.78, 5) is 27.2. The first kappa shape index (κ1) is 20.5. The van der Waals surface area contributed by atoms with Crippen LogP contribution in [0.1, 0.15) is 40.4 Å². The normalized spacial score (nSPS) is 11.4. The lowest BCUT2D eigenvalue weighted by Crippen LogP contribution is -2.31. The Kier molecular flexibility index (Phi) is 6.29. The van der Waals surface area contributed by atoms with Gasteiger partial charge in [-0.25, -0.2) is 18.2 Å². The molecule has 0 saturated carbocycles. The van der Waals surface area contributed by atoms with Crippen molar-refractivity contribution in [2.75, 3.05) is 18.4 Å². The molecule has 0 spiro atoms. The molecule has 0 fully saturated rings. The Morgan fingerprint density at radius 3 is 2.33 bits per heavy atom. The fourth-order valence-corrected chi connectivity index (χ4v) is 4.24. The summed E-state index contributed by atoms with van der Waals surface area (Å²) in [5, 5.41) is 11.5. The van der Waals surface area contributed by atoms with Crippen LogP contribution in [0.2, 0.25) is 0 Å². The lowest BCUT2D eigenvalue weighted by atomic mass is 10.2. The minimum absolute atomic E-state index is 0.0800. The lowest BCUT2D eigenvalue weighted by molar-refractivity contribution is 0.0690. The van der Waals surface area contributed by atoms with Crippen LogP contribution in [0.25, 0.3) is 0 Å². The first-order valence-corrected chi connectivity index (χ1v) is 9.77. The molecule has 2 N–H and O–H groups in total. The zero-order chi connectivity index (χ0) is 20.2. The van der Waals surface area contributed by atoms with Gasteiger partial charge in [0, 0.05) is 18.8 Å². The van der Waals surface area contributed by atoms with Crippen LogP contribution in [0.5, 0.6) is 0 Å². The first-order valence-electron chi connectivity index (χ1n) is 8.33.